The lowest BCUT2D eigenvalue weighted by molar-refractivity contribution is -0.137. The molecule has 1 aromatic carbocycles. The second-order valence-electron chi connectivity index (χ2n) is 4.66. The number of hydrogen-bond donors (Lipinski definition) is 1. The van der Waals surface area contributed by atoms with Gasteiger partial charge in [-0.15, -0.1) is 0 Å². The van der Waals surface area contributed by atoms with Crippen molar-refractivity contribution in [2.75, 3.05) is 13.2 Å². The van der Waals surface area contributed by atoms with Crippen molar-refractivity contribution in [3.05, 3.63) is 41.5 Å². The highest BCUT2D eigenvalue weighted by Gasteiger charge is 2.12. The molecule has 0 atom stereocenters. The summed E-state index contributed by atoms with van der Waals surface area (Å²) in [6.07, 6.45) is 2.57. The van der Waals surface area contributed by atoms with Gasteiger partial charge in [0, 0.05) is 6.08 Å². The summed E-state index contributed by atoms with van der Waals surface area (Å²) in [6, 6.07) is 3.43. The highest BCUT2D eigenvalue weighted by atomic mass is 16.5. The van der Waals surface area contributed by atoms with E-state index in [4.69, 9.17) is 14.6 Å². The number of unbranched alkanes of at least 4 members (excludes halogenated alkanes) is 1. The maximum atomic E-state index is 11.1. The molecule has 1 aromatic rings. The van der Waals surface area contributed by atoms with Gasteiger partial charge >= 0.3 is 11.9 Å². The standard InChI is InChI=1S/C16H20O5/c1-4-14(17)21-8-6-5-7-20-13-9-11(2)15(16(18)19)12(3)10-13/h4,9-10H,1,5-8H2,2-3H3,(H,18,19). The topological polar surface area (TPSA) is 72.8 Å². The molecule has 5 heteroatoms. The molecule has 0 fully saturated rings. The van der Waals surface area contributed by atoms with Crippen LogP contribution in [0.3, 0.4) is 0 Å². The summed E-state index contributed by atoms with van der Waals surface area (Å²) in [5.74, 6) is -0.704. The SMILES string of the molecule is C=CC(=O)OCCCCOc1cc(C)c(C(=O)O)c(C)c1. The fraction of sp³-hybridized carbons (Fsp3) is 0.375. The van der Waals surface area contributed by atoms with Gasteiger partial charge in [0.05, 0.1) is 18.8 Å². The average molecular weight is 292 g/mol. The predicted octanol–water partition coefficient (Wildman–Crippen LogP) is 2.89. The van der Waals surface area contributed by atoms with Crippen LogP contribution in [0.1, 0.15) is 34.3 Å². The summed E-state index contributed by atoms with van der Waals surface area (Å²) in [5.41, 5.74) is 1.67. The number of aromatic carboxylic acids is 1. The number of carboxylic acid groups (broad SMARTS) is 1. The number of carbonyl (C=O) groups excluding carboxylic acids is 1. The summed E-state index contributed by atoms with van der Waals surface area (Å²) < 4.78 is 10.4. The Morgan fingerprint density at radius 1 is 1.19 bits per heavy atom. The number of esters is 1. The molecule has 0 radical (unpaired) electrons. The first-order valence-corrected chi connectivity index (χ1v) is 6.72. The third kappa shape index (κ3) is 5.30. The van der Waals surface area contributed by atoms with E-state index in [-0.39, 0.29) is 0 Å². The monoisotopic (exact) mass is 292 g/mol. The maximum Gasteiger partial charge on any atom is 0.336 e. The van der Waals surface area contributed by atoms with E-state index in [0.29, 0.717) is 42.1 Å². The Morgan fingerprint density at radius 2 is 1.76 bits per heavy atom. The van der Waals surface area contributed by atoms with Crippen LogP contribution < -0.4 is 4.74 Å². The molecule has 0 heterocycles. The zero-order valence-electron chi connectivity index (χ0n) is 12.3. The minimum atomic E-state index is -0.930. The average Bonchev–Trinajstić information content (AvgIpc) is 2.41. The normalized spacial score (nSPS) is 10.0. The van der Waals surface area contributed by atoms with Crippen LogP contribution in [0, 0.1) is 13.8 Å². The van der Waals surface area contributed by atoms with E-state index in [2.05, 4.69) is 6.58 Å². The number of aryl methyl sites for hydroxylation is 2. The molecule has 114 valence electrons. The van der Waals surface area contributed by atoms with Gasteiger partial charge < -0.3 is 14.6 Å². The Bertz CT molecular complexity index is 510. The third-order valence-corrected chi connectivity index (χ3v) is 2.94. The van der Waals surface area contributed by atoms with Gasteiger partial charge in [0.25, 0.3) is 0 Å². The summed E-state index contributed by atoms with van der Waals surface area (Å²) >= 11 is 0. The molecule has 0 aromatic heterocycles. The molecule has 0 saturated carbocycles. The van der Waals surface area contributed by atoms with Crippen LogP contribution in [0.2, 0.25) is 0 Å². The second-order valence-corrected chi connectivity index (χ2v) is 4.66. The Balaban J connectivity index is 2.41. The molecule has 0 saturated heterocycles. The van der Waals surface area contributed by atoms with Crippen molar-refractivity contribution in [2.24, 2.45) is 0 Å². The van der Waals surface area contributed by atoms with Crippen LogP contribution in [0.4, 0.5) is 0 Å². The van der Waals surface area contributed by atoms with E-state index in [0.717, 1.165) is 12.5 Å². The molecule has 0 bridgehead atoms. The Morgan fingerprint density at radius 3 is 2.29 bits per heavy atom. The van der Waals surface area contributed by atoms with Crippen LogP contribution in [-0.4, -0.2) is 30.3 Å². The first-order chi connectivity index (χ1) is 9.95. The Labute approximate surface area is 124 Å². The Kier molecular flexibility index (Phi) is 6.46. The molecule has 5 nitrogen and oxygen atoms in total. The number of ether oxygens (including phenoxy) is 2. The van der Waals surface area contributed by atoms with Crippen LogP contribution in [-0.2, 0) is 9.53 Å². The van der Waals surface area contributed by atoms with E-state index in [1.165, 1.54) is 0 Å². The second kappa shape index (κ2) is 8.09. The van der Waals surface area contributed by atoms with Crippen LogP contribution in [0.5, 0.6) is 5.75 Å². The van der Waals surface area contributed by atoms with Crippen LogP contribution in [0.15, 0.2) is 24.8 Å². The molecule has 1 N–H and O–H groups in total. The van der Waals surface area contributed by atoms with Crippen molar-refractivity contribution in [3.8, 4) is 5.75 Å². The summed E-state index contributed by atoms with van der Waals surface area (Å²) in [4.78, 5) is 21.9. The zero-order valence-corrected chi connectivity index (χ0v) is 12.3. The molecular weight excluding hydrogens is 272 g/mol. The number of carboxylic acids is 1. The minimum Gasteiger partial charge on any atom is -0.494 e. The lowest BCUT2D eigenvalue weighted by atomic mass is 10.0. The van der Waals surface area contributed by atoms with Crippen LogP contribution >= 0.6 is 0 Å². The van der Waals surface area contributed by atoms with Crippen molar-refractivity contribution in [2.45, 2.75) is 26.7 Å². The molecule has 0 aliphatic carbocycles. The molecule has 0 aliphatic rings. The number of hydrogen-bond acceptors (Lipinski definition) is 4. The van der Waals surface area contributed by atoms with E-state index in [9.17, 15) is 9.59 Å². The van der Waals surface area contributed by atoms with Gasteiger partial charge in [-0.3, -0.25) is 0 Å². The summed E-state index contributed by atoms with van der Waals surface area (Å²) in [7, 11) is 0. The molecule has 1 rings (SSSR count). The van der Waals surface area contributed by atoms with Gasteiger partial charge in [0.2, 0.25) is 0 Å². The molecule has 21 heavy (non-hydrogen) atoms. The third-order valence-electron chi connectivity index (χ3n) is 2.94. The molecular formula is C16H20O5. The van der Waals surface area contributed by atoms with Crippen molar-refractivity contribution in [1.82, 2.24) is 0 Å². The Hall–Kier alpha value is -2.30. The van der Waals surface area contributed by atoms with Crippen molar-refractivity contribution < 1.29 is 24.2 Å². The van der Waals surface area contributed by atoms with Gasteiger partial charge in [-0.05, 0) is 49.9 Å². The van der Waals surface area contributed by atoms with Crippen molar-refractivity contribution in [1.29, 1.82) is 0 Å². The first kappa shape index (κ1) is 16.8. The van der Waals surface area contributed by atoms with Gasteiger partial charge in [0.15, 0.2) is 0 Å². The van der Waals surface area contributed by atoms with Crippen molar-refractivity contribution in [3.63, 3.8) is 0 Å². The first-order valence-electron chi connectivity index (χ1n) is 6.72. The highest BCUT2D eigenvalue weighted by Crippen LogP contribution is 2.22. The van der Waals surface area contributed by atoms with Gasteiger partial charge in [0.1, 0.15) is 5.75 Å². The van der Waals surface area contributed by atoms with Gasteiger partial charge in [-0.25, -0.2) is 9.59 Å². The number of carbonyl (C=O) groups is 2. The van der Waals surface area contributed by atoms with Gasteiger partial charge in [-0.1, -0.05) is 6.58 Å². The summed E-state index contributed by atoms with van der Waals surface area (Å²) in [6.45, 7) is 7.63. The van der Waals surface area contributed by atoms with Crippen LogP contribution in [0.25, 0.3) is 0 Å². The number of rotatable bonds is 8. The molecule has 0 unspecified atom stereocenters. The fourth-order valence-corrected chi connectivity index (χ4v) is 1.97. The molecule has 0 spiro atoms. The van der Waals surface area contributed by atoms with E-state index in [1.807, 2.05) is 0 Å². The van der Waals surface area contributed by atoms with E-state index < -0.39 is 11.9 Å². The smallest absolute Gasteiger partial charge is 0.336 e. The highest BCUT2D eigenvalue weighted by molar-refractivity contribution is 5.91. The van der Waals surface area contributed by atoms with Crippen molar-refractivity contribution >= 4 is 11.9 Å². The quantitative estimate of drug-likeness (QED) is 0.453. The van der Waals surface area contributed by atoms with Gasteiger partial charge in [-0.2, -0.15) is 0 Å². The van der Waals surface area contributed by atoms with E-state index in [1.54, 1.807) is 26.0 Å². The maximum absolute atomic E-state index is 11.1. The predicted molar refractivity (Wildman–Crippen MR) is 78.8 cm³/mol. The lowest BCUT2D eigenvalue weighted by Gasteiger charge is -2.11. The largest absolute Gasteiger partial charge is 0.494 e. The number of benzene rings is 1. The van der Waals surface area contributed by atoms with E-state index >= 15 is 0 Å². The fourth-order valence-electron chi connectivity index (χ4n) is 1.97. The minimum absolute atomic E-state index is 0.318. The lowest BCUT2D eigenvalue weighted by Crippen LogP contribution is -2.06. The zero-order chi connectivity index (χ0) is 15.8. The summed E-state index contributed by atoms with van der Waals surface area (Å²) in [5, 5.41) is 9.09. The molecule has 0 amide bonds. The molecule has 0 aliphatic heterocycles.